The molecule has 3 fully saturated rings. The van der Waals surface area contributed by atoms with Gasteiger partial charge in [0.05, 0.1) is 45.7 Å². The number of amides is 1. The van der Waals surface area contributed by atoms with Crippen molar-refractivity contribution < 1.29 is 29.3 Å². The van der Waals surface area contributed by atoms with Crippen LogP contribution >= 0.6 is 11.6 Å². The van der Waals surface area contributed by atoms with Crippen molar-refractivity contribution >= 4 is 34.4 Å². The lowest BCUT2D eigenvalue weighted by Crippen LogP contribution is -2.48. The monoisotopic (exact) mass is 915 g/mol. The number of fused-ring (bicyclic) bond motifs is 5. The van der Waals surface area contributed by atoms with Gasteiger partial charge in [0.15, 0.2) is 11.6 Å². The lowest BCUT2D eigenvalue weighted by Gasteiger charge is -2.39. The van der Waals surface area contributed by atoms with E-state index in [1.807, 2.05) is 6.07 Å². The van der Waals surface area contributed by atoms with Crippen molar-refractivity contribution in [1.29, 1.82) is 5.26 Å². The molecule has 1 saturated carbocycles. The van der Waals surface area contributed by atoms with E-state index in [1.165, 1.54) is 0 Å². The molecule has 0 spiro atoms. The van der Waals surface area contributed by atoms with Gasteiger partial charge in [0.1, 0.15) is 30.0 Å². The molecule has 17 heteroatoms. The van der Waals surface area contributed by atoms with E-state index in [-0.39, 0.29) is 53.5 Å². The number of piperidine rings is 1. The lowest BCUT2D eigenvalue weighted by atomic mass is 9.86. The Bertz CT molecular complexity index is 2750. The van der Waals surface area contributed by atoms with Crippen LogP contribution in [0.2, 0.25) is 5.02 Å². The zero-order valence-corrected chi connectivity index (χ0v) is 37.8. The minimum atomic E-state index is -1.88. The highest BCUT2D eigenvalue weighted by molar-refractivity contribution is 6.31. The molecule has 2 saturated heterocycles. The second-order valence-electron chi connectivity index (χ2n) is 18.6. The molecular formula is C49H54ClN9O7. The number of phenols is 1. The molecule has 2 aromatic heterocycles. The van der Waals surface area contributed by atoms with E-state index in [2.05, 4.69) is 42.4 Å². The fraction of sp³-hybridized carbons (Fsp3) is 0.490. The highest BCUT2D eigenvalue weighted by atomic mass is 35.5. The molecular weight excluding hydrogens is 862 g/mol. The van der Waals surface area contributed by atoms with E-state index in [9.17, 15) is 24.6 Å². The van der Waals surface area contributed by atoms with Crippen molar-refractivity contribution in [2.24, 2.45) is 16.1 Å². The van der Waals surface area contributed by atoms with Crippen LogP contribution in [0.3, 0.4) is 0 Å². The molecule has 0 radical (unpaired) electrons. The van der Waals surface area contributed by atoms with Crippen molar-refractivity contribution in [1.82, 2.24) is 29.6 Å². The zero-order chi connectivity index (χ0) is 45.7. The summed E-state index contributed by atoms with van der Waals surface area (Å²) < 4.78 is 13.0. The predicted octanol–water partition coefficient (Wildman–Crippen LogP) is 5.71. The standard InChI is InChI=1S/C49H54ClN9O7/c1-2-49(64)38-23-42-45-31(26-59(42)47(62)37(38)28-65-48(49)63)21-35-36(43(60)11-9-40(35)53-45)27-57-19-17-56(18-20-57)25-29-13-15-58(16-14-29)44-12-10-41(54-55-44)46(61)52-32-4-7-33(8-5-32)66-34-6-3-30(24-51)39(50)22-34/h3,6,9,11-12,21-23,29,32-33,41,60,64H,2,4-5,7-8,10,13-20,25-28H2,1H3,(H,52,61)/t32?,33?,41?,49-/m0/s1. The van der Waals surface area contributed by atoms with Crippen molar-refractivity contribution in [3.63, 3.8) is 0 Å². The maximum absolute atomic E-state index is 13.7. The highest BCUT2D eigenvalue weighted by Gasteiger charge is 2.45. The summed E-state index contributed by atoms with van der Waals surface area (Å²) in [6, 6.07) is 14.0. The predicted molar refractivity (Wildman–Crippen MR) is 245 cm³/mol. The summed E-state index contributed by atoms with van der Waals surface area (Å²) in [5.41, 5.74) is 2.37. The average molecular weight is 916 g/mol. The van der Waals surface area contributed by atoms with Crippen LogP contribution in [0.15, 0.2) is 69.4 Å². The van der Waals surface area contributed by atoms with Crippen LogP contribution in [0.5, 0.6) is 11.5 Å². The Morgan fingerprint density at radius 3 is 2.50 bits per heavy atom. The Morgan fingerprint density at radius 1 is 1.02 bits per heavy atom. The molecule has 2 aromatic carbocycles. The van der Waals surface area contributed by atoms with E-state index >= 15 is 0 Å². The van der Waals surface area contributed by atoms with Crippen LogP contribution in [-0.2, 0) is 39.6 Å². The number of cyclic esters (lactones) is 1. The fourth-order valence-corrected chi connectivity index (χ4v) is 10.8. The van der Waals surface area contributed by atoms with Crippen molar-refractivity contribution in [2.75, 3.05) is 45.8 Å². The van der Waals surface area contributed by atoms with Gasteiger partial charge in [-0.2, -0.15) is 10.4 Å². The van der Waals surface area contributed by atoms with Crippen LogP contribution in [0.25, 0.3) is 22.3 Å². The van der Waals surface area contributed by atoms with Gasteiger partial charge >= 0.3 is 5.97 Å². The third-order valence-corrected chi connectivity index (χ3v) is 14.9. The number of esters is 1. The molecule has 3 N–H and O–H groups in total. The summed E-state index contributed by atoms with van der Waals surface area (Å²) in [6.45, 7) is 8.84. The lowest BCUT2D eigenvalue weighted by molar-refractivity contribution is -0.172. The molecule has 2 atom stereocenters. The molecule has 1 aliphatic carbocycles. The van der Waals surface area contributed by atoms with Crippen LogP contribution in [-0.4, -0.2) is 110 Å². The maximum atomic E-state index is 13.7. The fourth-order valence-electron chi connectivity index (χ4n) is 10.6. The number of azo groups is 1. The first-order chi connectivity index (χ1) is 32.0. The summed E-state index contributed by atoms with van der Waals surface area (Å²) in [6.07, 6.45) is 8.07. The smallest absolute Gasteiger partial charge is 0.343 e. The molecule has 0 bridgehead atoms. The number of phenolic OH excluding ortho intramolecular Hbond substituents is 1. The number of nitrogens with one attached hydrogen (secondary N) is 1. The molecule has 16 nitrogen and oxygen atoms in total. The number of piperazine rings is 1. The van der Waals surface area contributed by atoms with E-state index in [1.54, 1.807) is 47.9 Å². The van der Waals surface area contributed by atoms with Gasteiger partial charge in [-0.25, -0.2) is 9.78 Å². The number of halogens is 1. The topological polar surface area (TPSA) is 198 Å². The number of hydrogen-bond donors (Lipinski definition) is 3. The Balaban J connectivity index is 0.676. The first-order valence-corrected chi connectivity index (χ1v) is 23.6. The molecule has 344 valence electrons. The SMILES string of the molecule is CC[C@@]1(O)C(=O)OCc2c1cc1n(c2=O)Cc2cc3c(CN4CCN(CC5CCN(C6=CCC(C(=O)NC7CCC(Oc8ccc(C#N)c(Cl)c8)CC7)N=N6)CC5)CC4)c(O)ccc3nc2-1. The minimum Gasteiger partial charge on any atom is -0.508 e. The number of aliphatic hydroxyl groups is 1. The first-order valence-electron chi connectivity index (χ1n) is 23.3. The van der Waals surface area contributed by atoms with E-state index < -0.39 is 17.6 Å². The number of ether oxygens (including phenoxy) is 2. The first kappa shape index (κ1) is 44.0. The number of aromatic hydroxyl groups is 1. The second kappa shape index (κ2) is 18.1. The third kappa shape index (κ3) is 8.42. The molecule has 7 heterocycles. The van der Waals surface area contributed by atoms with Crippen molar-refractivity contribution in [3.05, 3.63) is 97.6 Å². The van der Waals surface area contributed by atoms with Crippen LogP contribution in [0, 0.1) is 17.2 Å². The van der Waals surface area contributed by atoms with Gasteiger partial charge in [0.25, 0.3) is 5.56 Å². The van der Waals surface area contributed by atoms with Gasteiger partial charge in [-0.3, -0.25) is 14.5 Å². The number of benzene rings is 2. The summed E-state index contributed by atoms with van der Waals surface area (Å²) in [5.74, 6) is 1.47. The number of nitriles is 1. The number of pyridine rings is 2. The molecule has 10 rings (SSSR count). The van der Waals surface area contributed by atoms with E-state index in [0.29, 0.717) is 58.7 Å². The highest BCUT2D eigenvalue weighted by Crippen LogP contribution is 2.40. The number of aromatic nitrogens is 2. The van der Waals surface area contributed by atoms with Gasteiger partial charge in [0.2, 0.25) is 5.91 Å². The Hall–Kier alpha value is -5.86. The number of nitrogens with zero attached hydrogens (tertiary/aromatic N) is 8. The number of carbonyl (C=O) groups is 2. The zero-order valence-electron chi connectivity index (χ0n) is 37.0. The number of rotatable bonds is 10. The van der Waals surface area contributed by atoms with Crippen molar-refractivity contribution in [3.8, 4) is 29.0 Å². The van der Waals surface area contributed by atoms with E-state index in [4.69, 9.17) is 31.3 Å². The molecule has 1 amide bonds. The number of carbonyl (C=O) groups excluding carboxylic acids is 2. The Kier molecular flexibility index (Phi) is 12.1. The largest absolute Gasteiger partial charge is 0.508 e. The Morgan fingerprint density at radius 2 is 1.79 bits per heavy atom. The second-order valence-corrected chi connectivity index (χ2v) is 19.0. The maximum Gasteiger partial charge on any atom is 0.343 e. The number of hydrogen-bond acceptors (Lipinski definition) is 14. The van der Waals surface area contributed by atoms with E-state index in [0.717, 1.165) is 107 Å². The summed E-state index contributed by atoms with van der Waals surface area (Å²) in [7, 11) is 0. The van der Waals surface area contributed by atoms with Crippen LogP contribution in [0.1, 0.15) is 86.1 Å². The quantitative estimate of drug-likeness (QED) is 0.145. The van der Waals surface area contributed by atoms with Crippen molar-refractivity contribution in [2.45, 2.75) is 102 Å². The van der Waals surface area contributed by atoms with Gasteiger partial charge in [-0.05, 0) is 93.3 Å². The average Bonchev–Trinajstić information content (AvgIpc) is 3.70. The normalized spacial score (nSPS) is 24.5. The third-order valence-electron chi connectivity index (χ3n) is 14.6. The molecule has 66 heavy (non-hydrogen) atoms. The molecule has 4 aromatic rings. The van der Waals surface area contributed by atoms with Crippen LogP contribution < -0.4 is 15.6 Å². The van der Waals surface area contributed by atoms with Gasteiger partial charge in [-0.15, -0.1) is 5.11 Å². The van der Waals surface area contributed by atoms with Gasteiger partial charge in [-0.1, -0.05) is 18.5 Å². The van der Waals surface area contributed by atoms with Gasteiger partial charge < -0.3 is 39.4 Å². The summed E-state index contributed by atoms with van der Waals surface area (Å²) in [4.78, 5) is 51.6. The molecule has 5 aliphatic heterocycles. The minimum absolute atomic E-state index is 0.0325. The van der Waals surface area contributed by atoms with Crippen LogP contribution in [0.4, 0.5) is 0 Å². The Labute approximate surface area is 387 Å². The molecule has 6 aliphatic rings. The number of likely N-dealkylation sites (tertiary alicyclic amines) is 1. The van der Waals surface area contributed by atoms with Gasteiger partial charge in [0, 0.05) is 93.0 Å². The molecule has 1 unspecified atom stereocenters. The summed E-state index contributed by atoms with van der Waals surface area (Å²) >= 11 is 6.17. The summed E-state index contributed by atoms with van der Waals surface area (Å²) in [5, 5.41) is 44.9.